The van der Waals surface area contributed by atoms with Crippen LogP contribution in [0, 0.1) is 11.6 Å². The van der Waals surface area contributed by atoms with Crippen molar-refractivity contribution in [3.8, 4) is 0 Å². The first kappa shape index (κ1) is 20.0. The van der Waals surface area contributed by atoms with Crippen molar-refractivity contribution in [3.05, 3.63) is 23.8 Å². The van der Waals surface area contributed by atoms with Gasteiger partial charge in [0, 0.05) is 44.3 Å². The van der Waals surface area contributed by atoms with Gasteiger partial charge in [-0.2, -0.15) is 0 Å². The number of imide groups is 1. The molecular formula is C20H27F2N5O2. The Morgan fingerprint density at radius 1 is 0.966 bits per heavy atom. The van der Waals surface area contributed by atoms with E-state index in [0.717, 1.165) is 39.0 Å². The molecule has 4 rings (SSSR count). The predicted octanol–water partition coefficient (Wildman–Crippen LogP) is 1.06. The fourth-order valence-electron chi connectivity index (χ4n) is 4.47. The predicted molar refractivity (Wildman–Crippen MR) is 106 cm³/mol. The minimum atomic E-state index is -0.675. The quantitative estimate of drug-likeness (QED) is 0.648. The van der Waals surface area contributed by atoms with Crippen LogP contribution in [0.3, 0.4) is 0 Å². The third kappa shape index (κ3) is 4.51. The molecule has 1 aromatic carbocycles. The van der Waals surface area contributed by atoms with E-state index >= 15 is 0 Å². The van der Waals surface area contributed by atoms with Crippen LogP contribution in [0.2, 0.25) is 0 Å². The lowest BCUT2D eigenvalue weighted by atomic mass is 10.0. The Labute approximate surface area is 168 Å². The highest BCUT2D eigenvalue weighted by atomic mass is 19.1. The molecule has 3 aliphatic heterocycles. The molecule has 0 aliphatic carbocycles. The van der Waals surface area contributed by atoms with Crippen molar-refractivity contribution in [3.63, 3.8) is 0 Å². The Hall–Kier alpha value is -2.26. The zero-order valence-electron chi connectivity index (χ0n) is 16.3. The second-order valence-electron chi connectivity index (χ2n) is 7.94. The monoisotopic (exact) mass is 407 g/mol. The highest BCUT2D eigenvalue weighted by Crippen LogP contribution is 2.29. The molecule has 3 aliphatic rings. The summed E-state index contributed by atoms with van der Waals surface area (Å²) in [6, 6.07) is 2.32. The van der Waals surface area contributed by atoms with Gasteiger partial charge in [-0.1, -0.05) is 0 Å². The van der Waals surface area contributed by atoms with Crippen LogP contribution in [-0.2, 0) is 9.59 Å². The van der Waals surface area contributed by atoms with E-state index in [-0.39, 0.29) is 23.7 Å². The fourth-order valence-corrected chi connectivity index (χ4v) is 4.47. The van der Waals surface area contributed by atoms with Gasteiger partial charge < -0.3 is 15.5 Å². The zero-order chi connectivity index (χ0) is 20.4. The number of nitrogens with one attached hydrogen (secondary N) is 3. The van der Waals surface area contributed by atoms with Crippen LogP contribution in [0.1, 0.15) is 25.7 Å². The summed E-state index contributed by atoms with van der Waals surface area (Å²) in [4.78, 5) is 27.3. The first-order valence-electron chi connectivity index (χ1n) is 10.3. The van der Waals surface area contributed by atoms with Crippen LogP contribution in [0.4, 0.5) is 20.2 Å². The molecule has 158 valence electrons. The highest BCUT2D eigenvalue weighted by Gasteiger charge is 2.29. The number of benzene rings is 1. The van der Waals surface area contributed by atoms with Gasteiger partial charge >= 0.3 is 0 Å². The highest BCUT2D eigenvalue weighted by molar-refractivity contribution is 6.01. The van der Waals surface area contributed by atoms with E-state index in [9.17, 15) is 18.4 Å². The number of piperidine rings is 2. The molecule has 3 N–H and O–H groups in total. The maximum Gasteiger partial charge on any atom is 0.249 e. The maximum absolute atomic E-state index is 14.8. The number of carbonyl (C=O) groups excluding carboxylic acids is 2. The van der Waals surface area contributed by atoms with E-state index < -0.39 is 23.6 Å². The average molecular weight is 407 g/mol. The molecule has 1 aromatic rings. The SMILES string of the molecule is O=C1CCC(Nc2cc(F)c(N3CCN(C4CCNCC4)CC3)c(F)c2)C(=O)N1. The van der Waals surface area contributed by atoms with Gasteiger partial charge in [0.1, 0.15) is 11.7 Å². The lowest BCUT2D eigenvalue weighted by molar-refractivity contribution is -0.133. The number of piperazine rings is 1. The van der Waals surface area contributed by atoms with Gasteiger partial charge in [-0.15, -0.1) is 0 Å². The number of hydrogen-bond acceptors (Lipinski definition) is 6. The Balaban J connectivity index is 1.40. The lowest BCUT2D eigenvalue weighted by Crippen LogP contribution is -2.53. The standard InChI is InChI=1S/C20H27F2N5O2/c21-15-11-13(24-17-1-2-18(28)25-20(17)29)12-16(22)19(15)27-9-7-26(8-10-27)14-3-5-23-6-4-14/h11-12,14,17,23-24H,1-10H2,(H,25,28,29). The molecule has 29 heavy (non-hydrogen) atoms. The third-order valence-corrected chi connectivity index (χ3v) is 6.05. The van der Waals surface area contributed by atoms with E-state index in [1.807, 2.05) is 0 Å². The minimum Gasteiger partial charge on any atom is -0.373 e. The molecule has 0 saturated carbocycles. The minimum absolute atomic E-state index is 0.0104. The summed E-state index contributed by atoms with van der Waals surface area (Å²) in [5, 5.41) is 8.42. The average Bonchev–Trinajstić information content (AvgIpc) is 2.71. The normalized spacial score (nSPS) is 24.5. The first-order valence-corrected chi connectivity index (χ1v) is 10.3. The molecule has 0 bridgehead atoms. The Bertz CT molecular complexity index is 753. The molecule has 7 nitrogen and oxygen atoms in total. The summed E-state index contributed by atoms with van der Waals surface area (Å²) in [6.45, 7) is 4.79. The molecule has 1 atom stereocenters. The summed E-state index contributed by atoms with van der Waals surface area (Å²) >= 11 is 0. The van der Waals surface area contributed by atoms with Crippen LogP contribution in [0.25, 0.3) is 0 Å². The topological polar surface area (TPSA) is 76.7 Å². The zero-order valence-corrected chi connectivity index (χ0v) is 16.3. The van der Waals surface area contributed by atoms with Crippen molar-refractivity contribution < 1.29 is 18.4 Å². The first-order chi connectivity index (χ1) is 14.0. The second-order valence-corrected chi connectivity index (χ2v) is 7.94. The van der Waals surface area contributed by atoms with Crippen LogP contribution in [0.15, 0.2) is 12.1 Å². The number of carbonyl (C=O) groups is 2. The molecule has 3 fully saturated rings. The van der Waals surface area contributed by atoms with Crippen molar-refractivity contribution in [2.75, 3.05) is 49.5 Å². The van der Waals surface area contributed by atoms with Crippen LogP contribution < -0.4 is 20.9 Å². The maximum atomic E-state index is 14.8. The molecule has 0 spiro atoms. The van der Waals surface area contributed by atoms with E-state index in [1.54, 1.807) is 4.90 Å². The molecular weight excluding hydrogens is 380 g/mol. The van der Waals surface area contributed by atoms with E-state index in [4.69, 9.17) is 0 Å². The van der Waals surface area contributed by atoms with Crippen LogP contribution in [-0.4, -0.2) is 68.1 Å². The largest absolute Gasteiger partial charge is 0.373 e. The molecule has 0 radical (unpaired) electrons. The number of nitrogens with zero attached hydrogens (tertiary/aromatic N) is 2. The van der Waals surface area contributed by atoms with Crippen molar-refractivity contribution in [2.45, 2.75) is 37.8 Å². The van der Waals surface area contributed by atoms with E-state index in [0.29, 0.717) is 25.6 Å². The van der Waals surface area contributed by atoms with Gasteiger partial charge in [0.25, 0.3) is 0 Å². The summed E-state index contributed by atoms with van der Waals surface area (Å²) < 4.78 is 29.5. The Morgan fingerprint density at radius 2 is 1.62 bits per heavy atom. The van der Waals surface area contributed by atoms with Gasteiger partial charge in [0.15, 0.2) is 11.6 Å². The fraction of sp³-hybridized carbons (Fsp3) is 0.600. The van der Waals surface area contributed by atoms with Gasteiger partial charge in [0.05, 0.1) is 0 Å². The number of amides is 2. The molecule has 3 saturated heterocycles. The summed E-state index contributed by atoms with van der Waals surface area (Å²) in [5.41, 5.74) is 0.190. The van der Waals surface area contributed by atoms with Crippen LogP contribution >= 0.6 is 0 Å². The Morgan fingerprint density at radius 3 is 2.24 bits per heavy atom. The smallest absolute Gasteiger partial charge is 0.249 e. The number of anilines is 2. The second kappa shape index (κ2) is 8.62. The molecule has 9 heteroatoms. The van der Waals surface area contributed by atoms with Gasteiger partial charge in [-0.25, -0.2) is 8.78 Å². The molecule has 3 heterocycles. The summed E-state index contributed by atoms with van der Waals surface area (Å²) in [7, 11) is 0. The van der Waals surface area contributed by atoms with Gasteiger partial charge in [0.2, 0.25) is 11.8 Å². The van der Waals surface area contributed by atoms with Crippen LogP contribution in [0.5, 0.6) is 0 Å². The van der Waals surface area contributed by atoms with Crippen molar-refractivity contribution in [2.24, 2.45) is 0 Å². The third-order valence-electron chi connectivity index (χ3n) is 6.05. The molecule has 1 unspecified atom stereocenters. The lowest BCUT2D eigenvalue weighted by Gasteiger charge is -2.41. The van der Waals surface area contributed by atoms with Gasteiger partial charge in [-0.05, 0) is 44.5 Å². The number of hydrogen-bond donors (Lipinski definition) is 3. The summed E-state index contributed by atoms with van der Waals surface area (Å²) in [5.74, 6) is -2.09. The Kier molecular flexibility index (Phi) is 5.96. The number of halogens is 2. The van der Waals surface area contributed by atoms with Gasteiger partial charge in [-0.3, -0.25) is 19.8 Å². The van der Waals surface area contributed by atoms with E-state index in [1.165, 1.54) is 12.1 Å². The van der Waals surface area contributed by atoms with E-state index in [2.05, 4.69) is 20.9 Å². The van der Waals surface area contributed by atoms with Crippen molar-refractivity contribution in [1.29, 1.82) is 0 Å². The van der Waals surface area contributed by atoms with Crippen molar-refractivity contribution >= 4 is 23.2 Å². The van der Waals surface area contributed by atoms with Crippen molar-refractivity contribution in [1.82, 2.24) is 15.5 Å². The summed E-state index contributed by atoms with van der Waals surface area (Å²) in [6.07, 6.45) is 2.73. The number of rotatable bonds is 4. The molecule has 2 amide bonds. The molecule has 0 aromatic heterocycles.